The molecule has 1 aromatic carbocycles. The molecule has 0 fully saturated rings. The average Bonchev–Trinajstić information content (AvgIpc) is 3.30. The van der Waals surface area contributed by atoms with Crippen LogP contribution in [0.15, 0.2) is 46.0 Å². The number of carbonyl (C=O) groups excluding carboxylic acids is 1. The number of fused-ring (bicyclic) bond motifs is 1. The van der Waals surface area contributed by atoms with Crippen molar-refractivity contribution in [1.82, 2.24) is 9.29 Å². The Hall–Kier alpha value is -2.14. The Bertz CT molecular complexity index is 1080. The number of hydrogen-bond acceptors (Lipinski definition) is 6. The summed E-state index contributed by atoms with van der Waals surface area (Å²) < 4.78 is 40.0. The Balaban J connectivity index is 1.52. The molecular formula is C17H14FN3O3S3. The van der Waals surface area contributed by atoms with Gasteiger partial charge in [0.15, 0.2) is 5.13 Å². The molecule has 27 heavy (non-hydrogen) atoms. The number of carbonyl (C=O) groups is 1. The number of anilines is 1. The molecule has 3 heterocycles. The van der Waals surface area contributed by atoms with Gasteiger partial charge in [0.2, 0.25) is 10.0 Å². The van der Waals surface area contributed by atoms with Crippen LogP contribution in [0.2, 0.25) is 0 Å². The van der Waals surface area contributed by atoms with Crippen molar-refractivity contribution >= 4 is 43.7 Å². The lowest BCUT2D eigenvalue weighted by atomic mass is 10.2. The summed E-state index contributed by atoms with van der Waals surface area (Å²) in [6.07, 6.45) is 0.459. The molecule has 1 N–H and O–H groups in total. The van der Waals surface area contributed by atoms with Gasteiger partial charge in [-0.2, -0.15) is 15.6 Å². The maximum atomic E-state index is 13.1. The van der Waals surface area contributed by atoms with Gasteiger partial charge in [-0.25, -0.2) is 17.8 Å². The maximum Gasteiger partial charge on any atom is 0.258 e. The van der Waals surface area contributed by atoms with Crippen molar-refractivity contribution in [2.45, 2.75) is 17.9 Å². The second kappa shape index (κ2) is 7.12. The van der Waals surface area contributed by atoms with Gasteiger partial charge >= 0.3 is 0 Å². The quantitative estimate of drug-likeness (QED) is 0.698. The van der Waals surface area contributed by atoms with Crippen molar-refractivity contribution < 1.29 is 17.6 Å². The molecule has 0 bridgehead atoms. The van der Waals surface area contributed by atoms with Crippen LogP contribution in [0, 0.1) is 5.82 Å². The molecular weight excluding hydrogens is 409 g/mol. The van der Waals surface area contributed by atoms with Gasteiger partial charge in [-0.15, -0.1) is 11.3 Å². The maximum absolute atomic E-state index is 13.1. The van der Waals surface area contributed by atoms with Crippen LogP contribution < -0.4 is 5.32 Å². The Morgan fingerprint density at radius 3 is 2.70 bits per heavy atom. The summed E-state index contributed by atoms with van der Waals surface area (Å²) in [6, 6.07) is 6.52. The van der Waals surface area contributed by atoms with E-state index in [0.717, 1.165) is 22.7 Å². The minimum atomic E-state index is -3.71. The molecule has 1 aliphatic heterocycles. The van der Waals surface area contributed by atoms with E-state index in [1.165, 1.54) is 39.1 Å². The molecule has 1 amide bonds. The zero-order valence-electron chi connectivity index (χ0n) is 13.9. The number of sulfonamides is 1. The first kappa shape index (κ1) is 18.2. The summed E-state index contributed by atoms with van der Waals surface area (Å²) in [5, 5.41) is 6.78. The first-order valence-electron chi connectivity index (χ1n) is 8.01. The van der Waals surface area contributed by atoms with E-state index in [1.807, 2.05) is 5.38 Å². The number of rotatable bonds is 4. The van der Waals surface area contributed by atoms with Crippen LogP contribution >= 0.6 is 22.7 Å². The summed E-state index contributed by atoms with van der Waals surface area (Å²) in [5.41, 5.74) is 1.36. The topological polar surface area (TPSA) is 79.4 Å². The second-order valence-corrected chi connectivity index (χ2v) is 9.70. The number of thiophene rings is 1. The lowest BCUT2D eigenvalue weighted by molar-refractivity contribution is 0.102. The number of hydrogen-bond donors (Lipinski definition) is 1. The third kappa shape index (κ3) is 3.65. The average molecular weight is 424 g/mol. The Morgan fingerprint density at radius 2 is 2.00 bits per heavy atom. The third-order valence-corrected chi connectivity index (χ3v) is 7.69. The largest absolute Gasteiger partial charge is 0.298 e. The van der Waals surface area contributed by atoms with E-state index in [9.17, 15) is 17.6 Å². The molecule has 0 unspecified atom stereocenters. The number of aromatic nitrogens is 1. The lowest BCUT2D eigenvalue weighted by Crippen LogP contribution is -2.35. The van der Waals surface area contributed by atoms with Crippen LogP contribution in [0.3, 0.4) is 0 Å². The van der Waals surface area contributed by atoms with E-state index in [2.05, 4.69) is 10.3 Å². The van der Waals surface area contributed by atoms with Gasteiger partial charge < -0.3 is 0 Å². The Morgan fingerprint density at radius 1 is 1.22 bits per heavy atom. The highest BCUT2D eigenvalue weighted by Gasteiger charge is 2.30. The standard InChI is InChI=1S/C17H14FN3O3S3/c18-12-1-3-13(4-2-12)27(23,24)21-7-5-14-15(9-21)26-17(19-14)20-16(22)11-6-8-25-10-11/h1-4,6,8,10H,5,7,9H2,(H,19,20,22). The normalized spacial score (nSPS) is 14.7. The molecule has 140 valence electrons. The van der Waals surface area contributed by atoms with Crippen molar-refractivity contribution in [3.05, 3.63) is 63.0 Å². The van der Waals surface area contributed by atoms with Gasteiger partial charge in [-0.1, -0.05) is 0 Å². The van der Waals surface area contributed by atoms with Gasteiger partial charge in [0, 0.05) is 23.2 Å². The Kier molecular flexibility index (Phi) is 4.81. The van der Waals surface area contributed by atoms with Crippen molar-refractivity contribution in [2.24, 2.45) is 0 Å². The molecule has 2 aromatic heterocycles. The SMILES string of the molecule is O=C(Nc1nc2c(s1)CN(S(=O)(=O)c1ccc(F)cc1)CC2)c1ccsc1. The summed E-state index contributed by atoms with van der Waals surface area (Å²) in [5.74, 6) is -0.721. The minimum absolute atomic E-state index is 0.0582. The van der Waals surface area contributed by atoms with E-state index in [4.69, 9.17) is 0 Å². The summed E-state index contributed by atoms with van der Waals surface area (Å²) in [7, 11) is -3.71. The highest BCUT2D eigenvalue weighted by Crippen LogP contribution is 2.31. The molecule has 3 aromatic rings. The van der Waals surface area contributed by atoms with Gasteiger partial charge in [-0.3, -0.25) is 10.1 Å². The zero-order valence-corrected chi connectivity index (χ0v) is 16.3. The predicted octanol–water partition coefficient (Wildman–Crippen LogP) is 3.34. The van der Waals surface area contributed by atoms with E-state index in [0.29, 0.717) is 17.1 Å². The molecule has 0 radical (unpaired) electrons. The number of nitrogens with zero attached hydrogens (tertiary/aromatic N) is 2. The monoisotopic (exact) mass is 423 g/mol. The highest BCUT2D eigenvalue weighted by molar-refractivity contribution is 7.89. The molecule has 0 aliphatic carbocycles. The molecule has 6 nitrogen and oxygen atoms in total. The Labute approximate surface area is 163 Å². The van der Waals surface area contributed by atoms with Crippen molar-refractivity contribution in [1.29, 1.82) is 0 Å². The van der Waals surface area contributed by atoms with E-state index in [-0.39, 0.29) is 23.9 Å². The summed E-state index contributed by atoms with van der Waals surface area (Å²) in [4.78, 5) is 17.4. The minimum Gasteiger partial charge on any atom is -0.298 e. The zero-order chi connectivity index (χ0) is 19.0. The van der Waals surface area contributed by atoms with Crippen LogP contribution in [-0.2, 0) is 23.0 Å². The third-order valence-electron chi connectivity index (χ3n) is 4.15. The number of thiazole rings is 1. The van der Waals surface area contributed by atoms with Gasteiger partial charge in [0.1, 0.15) is 5.82 Å². The fraction of sp³-hybridized carbons (Fsp3) is 0.176. The van der Waals surface area contributed by atoms with E-state index < -0.39 is 15.8 Å². The van der Waals surface area contributed by atoms with Gasteiger partial charge in [0.25, 0.3) is 5.91 Å². The lowest BCUT2D eigenvalue weighted by Gasteiger charge is -2.25. The molecule has 0 saturated carbocycles. The molecule has 0 spiro atoms. The number of amides is 1. The van der Waals surface area contributed by atoms with Crippen LogP contribution in [0.4, 0.5) is 9.52 Å². The molecule has 1 aliphatic rings. The van der Waals surface area contributed by atoms with Gasteiger partial charge in [0.05, 0.1) is 22.7 Å². The smallest absolute Gasteiger partial charge is 0.258 e. The number of nitrogens with one attached hydrogen (secondary N) is 1. The predicted molar refractivity (Wildman–Crippen MR) is 102 cm³/mol. The van der Waals surface area contributed by atoms with Crippen LogP contribution in [0.1, 0.15) is 20.9 Å². The van der Waals surface area contributed by atoms with E-state index >= 15 is 0 Å². The first-order valence-corrected chi connectivity index (χ1v) is 11.2. The van der Waals surface area contributed by atoms with Crippen LogP contribution in [0.25, 0.3) is 0 Å². The van der Waals surface area contributed by atoms with Crippen molar-refractivity contribution in [3.8, 4) is 0 Å². The second-order valence-electron chi connectivity index (χ2n) is 5.90. The fourth-order valence-corrected chi connectivity index (χ4v) is 5.89. The summed E-state index contributed by atoms with van der Waals surface area (Å²) >= 11 is 2.71. The molecule has 4 rings (SSSR count). The van der Waals surface area contributed by atoms with Crippen LogP contribution in [0.5, 0.6) is 0 Å². The number of halogens is 1. The van der Waals surface area contributed by atoms with Crippen molar-refractivity contribution in [3.63, 3.8) is 0 Å². The molecule has 10 heteroatoms. The number of benzene rings is 1. The van der Waals surface area contributed by atoms with E-state index in [1.54, 1.807) is 11.4 Å². The van der Waals surface area contributed by atoms with Crippen molar-refractivity contribution in [2.75, 3.05) is 11.9 Å². The highest BCUT2D eigenvalue weighted by atomic mass is 32.2. The summed E-state index contributed by atoms with van der Waals surface area (Å²) in [6.45, 7) is 0.468. The molecule has 0 atom stereocenters. The van der Waals surface area contributed by atoms with Gasteiger partial charge in [-0.05, 0) is 35.7 Å². The first-order chi connectivity index (χ1) is 12.9. The molecule has 0 saturated heterocycles. The van der Waals surface area contributed by atoms with Crippen LogP contribution in [-0.4, -0.2) is 30.2 Å². The fourth-order valence-electron chi connectivity index (χ4n) is 2.75.